The molecule has 1 heterocycles. The van der Waals surface area contributed by atoms with Crippen LogP contribution in [0.15, 0.2) is 47.4 Å². The summed E-state index contributed by atoms with van der Waals surface area (Å²) in [6, 6.07) is 7.02. The molecule has 106 valence electrons. The number of hydrogen-bond acceptors (Lipinski definition) is 2. The molecule has 1 aromatic carbocycles. The van der Waals surface area contributed by atoms with Crippen LogP contribution in [0.3, 0.4) is 0 Å². The molecule has 0 radical (unpaired) electrons. The Morgan fingerprint density at radius 2 is 1.70 bits per heavy atom. The second kappa shape index (κ2) is 5.36. The van der Waals surface area contributed by atoms with Gasteiger partial charge in [0.05, 0.1) is 5.56 Å². The molecule has 0 unspecified atom stereocenters. The molecule has 3 nitrogen and oxygen atoms in total. The van der Waals surface area contributed by atoms with Crippen LogP contribution in [0.1, 0.15) is 5.56 Å². The van der Waals surface area contributed by atoms with E-state index in [-0.39, 0.29) is 11.4 Å². The van der Waals surface area contributed by atoms with Crippen LogP contribution < -0.4 is 10.3 Å². The normalized spacial score (nSPS) is 11.4. The molecule has 0 aliphatic rings. The number of alkyl halides is 4. The molecule has 0 aliphatic carbocycles. The van der Waals surface area contributed by atoms with Crippen molar-refractivity contribution in [1.82, 2.24) is 4.57 Å². The van der Waals surface area contributed by atoms with Gasteiger partial charge in [-0.1, -0.05) is 0 Å². The molecule has 0 atom stereocenters. The zero-order chi connectivity index (χ0) is 14.8. The van der Waals surface area contributed by atoms with Crippen molar-refractivity contribution in [3.8, 4) is 11.4 Å². The van der Waals surface area contributed by atoms with Gasteiger partial charge in [0, 0.05) is 18.0 Å². The zero-order valence-electron chi connectivity index (χ0n) is 10.0. The van der Waals surface area contributed by atoms with Crippen LogP contribution >= 0.6 is 0 Å². The van der Waals surface area contributed by atoms with Crippen LogP contribution in [0, 0.1) is 0 Å². The molecule has 2 rings (SSSR count). The van der Waals surface area contributed by atoms with Crippen molar-refractivity contribution in [3.63, 3.8) is 0 Å². The van der Waals surface area contributed by atoms with E-state index < -0.39 is 24.2 Å². The zero-order valence-corrected chi connectivity index (χ0v) is 10.0. The van der Waals surface area contributed by atoms with Gasteiger partial charge in [0.2, 0.25) is 6.86 Å². The van der Waals surface area contributed by atoms with Gasteiger partial charge in [0.1, 0.15) is 5.75 Å². The van der Waals surface area contributed by atoms with Gasteiger partial charge in [-0.25, -0.2) is 4.39 Å². The minimum absolute atomic E-state index is 0.219. The van der Waals surface area contributed by atoms with Gasteiger partial charge in [-0.2, -0.15) is 13.2 Å². The molecule has 0 saturated carbocycles. The van der Waals surface area contributed by atoms with Crippen LogP contribution in [-0.2, 0) is 6.18 Å². The third kappa shape index (κ3) is 2.98. The minimum atomic E-state index is -4.53. The Morgan fingerprint density at radius 3 is 2.25 bits per heavy atom. The van der Waals surface area contributed by atoms with E-state index in [1.54, 1.807) is 0 Å². The molecular formula is C13H9F4NO2. The lowest BCUT2D eigenvalue weighted by Gasteiger charge is -2.11. The first-order valence-electron chi connectivity index (χ1n) is 5.51. The number of halogens is 4. The third-order valence-electron chi connectivity index (χ3n) is 2.57. The summed E-state index contributed by atoms with van der Waals surface area (Å²) in [5.41, 5.74) is -1.30. The van der Waals surface area contributed by atoms with Gasteiger partial charge in [-0.05, 0) is 30.3 Å². The number of hydrogen-bond donors (Lipinski definition) is 0. The Hall–Kier alpha value is -2.31. The molecule has 0 amide bonds. The highest BCUT2D eigenvalue weighted by Crippen LogP contribution is 2.28. The number of rotatable bonds is 3. The lowest BCUT2D eigenvalue weighted by atomic mass is 10.2. The lowest BCUT2D eigenvalue weighted by Crippen LogP contribution is -2.19. The van der Waals surface area contributed by atoms with Crippen LogP contribution in [0.25, 0.3) is 5.69 Å². The number of aromatic nitrogens is 1. The second-order valence-electron chi connectivity index (χ2n) is 3.87. The average molecular weight is 287 g/mol. The van der Waals surface area contributed by atoms with Crippen molar-refractivity contribution in [3.05, 3.63) is 58.5 Å². The standard InChI is InChI=1S/C13H9F4NO2/c14-8-20-11-4-2-10(3-5-11)18-7-9(13(15,16)17)1-6-12(18)19/h1-7H,8H2. The van der Waals surface area contributed by atoms with Crippen molar-refractivity contribution >= 4 is 0 Å². The second-order valence-corrected chi connectivity index (χ2v) is 3.87. The molecule has 0 saturated heterocycles. The van der Waals surface area contributed by atoms with E-state index in [1.165, 1.54) is 24.3 Å². The van der Waals surface area contributed by atoms with Crippen LogP contribution in [0.2, 0.25) is 0 Å². The summed E-state index contributed by atoms with van der Waals surface area (Å²) in [5.74, 6) is 0.219. The van der Waals surface area contributed by atoms with Crippen molar-refractivity contribution < 1.29 is 22.3 Å². The monoisotopic (exact) mass is 287 g/mol. The summed E-state index contributed by atoms with van der Waals surface area (Å²) in [4.78, 5) is 11.6. The topological polar surface area (TPSA) is 31.2 Å². The van der Waals surface area contributed by atoms with Crippen molar-refractivity contribution in [2.45, 2.75) is 6.18 Å². The fraction of sp³-hybridized carbons (Fsp3) is 0.154. The predicted octanol–water partition coefficient (Wildman–Crippen LogP) is 3.16. The lowest BCUT2D eigenvalue weighted by molar-refractivity contribution is -0.138. The van der Waals surface area contributed by atoms with Gasteiger partial charge in [0.15, 0.2) is 0 Å². The molecule has 0 bridgehead atoms. The summed E-state index contributed by atoms with van der Waals surface area (Å²) in [7, 11) is 0. The van der Waals surface area contributed by atoms with Crippen LogP contribution in [0.4, 0.5) is 17.6 Å². The van der Waals surface area contributed by atoms with E-state index in [0.717, 1.165) is 16.7 Å². The quantitative estimate of drug-likeness (QED) is 0.812. The Bertz CT molecular complexity index is 647. The molecule has 0 aliphatic heterocycles. The summed E-state index contributed by atoms with van der Waals surface area (Å²) in [5, 5.41) is 0. The maximum atomic E-state index is 12.6. The molecule has 1 aromatic heterocycles. The summed E-state index contributed by atoms with van der Waals surface area (Å²) in [6.45, 7) is -1.01. The van der Waals surface area contributed by atoms with Crippen LogP contribution in [0.5, 0.6) is 5.75 Å². The van der Waals surface area contributed by atoms with E-state index in [0.29, 0.717) is 6.20 Å². The fourth-order valence-corrected chi connectivity index (χ4v) is 1.62. The summed E-state index contributed by atoms with van der Waals surface area (Å²) in [6.07, 6.45) is -3.82. The Kier molecular flexibility index (Phi) is 3.78. The molecular weight excluding hydrogens is 278 g/mol. The first kappa shape index (κ1) is 14.1. The van der Waals surface area contributed by atoms with Crippen molar-refractivity contribution in [2.24, 2.45) is 0 Å². The van der Waals surface area contributed by atoms with Gasteiger partial charge in [0.25, 0.3) is 5.56 Å². The predicted molar refractivity (Wildman–Crippen MR) is 63.6 cm³/mol. The summed E-state index contributed by atoms with van der Waals surface area (Å²) < 4.78 is 55.2. The van der Waals surface area contributed by atoms with Gasteiger partial charge >= 0.3 is 6.18 Å². The van der Waals surface area contributed by atoms with Gasteiger partial charge in [-0.3, -0.25) is 9.36 Å². The number of ether oxygens (including phenoxy) is 1. The Balaban J connectivity index is 2.44. The third-order valence-corrected chi connectivity index (χ3v) is 2.57. The van der Waals surface area contributed by atoms with Gasteiger partial charge in [-0.15, -0.1) is 0 Å². The SMILES string of the molecule is O=c1ccc(C(F)(F)F)cn1-c1ccc(OCF)cc1. The van der Waals surface area contributed by atoms with E-state index in [4.69, 9.17) is 0 Å². The molecule has 20 heavy (non-hydrogen) atoms. The average Bonchev–Trinajstić information content (AvgIpc) is 2.39. The maximum Gasteiger partial charge on any atom is 0.417 e. The number of benzene rings is 1. The van der Waals surface area contributed by atoms with Crippen molar-refractivity contribution in [2.75, 3.05) is 6.86 Å². The highest BCUT2D eigenvalue weighted by Gasteiger charge is 2.31. The first-order chi connectivity index (χ1) is 9.41. The maximum absolute atomic E-state index is 12.6. The highest BCUT2D eigenvalue weighted by molar-refractivity contribution is 5.38. The van der Waals surface area contributed by atoms with E-state index in [2.05, 4.69) is 4.74 Å². The molecule has 0 spiro atoms. The highest BCUT2D eigenvalue weighted by atomic mass is 19.4. The Morgan fingerprint density at radius 1 is 1.05 bits per heavy atom. The number of nitrogens with zero attached hydrogens (tertiary/aromatic N) is 1. The number of pyridine rings is 1. The minimum Gasteiger partial charge on any atom is -0.463 e. The largest absolute Gasteiger partial charge is 0.463 e. The first-order valence-corrected chi connectivity index (χ1v) is 5.51. The smallest absolute Gasteiger partial charge is 0.417 e. The van der Waals surface area contributed by atoms with Gasteiger partial charge < -0.3 is 4.74 Å². The Labute approximate surface area is 111 Å². The van der Waals surface area contributed by atoms with E-state index >= 15 is 0 Å². The van der Waals surface area contributed by atoms with E-state index in [1.807, 2.05) is 0 Å². The molecule has 0 N–H and O–H groups in total. The van der Waals surface area contributed by atoms with E-state index in [9.17, 15) is 22.4 Å². The van der Waals surface area contributed by atoms with Crippen LogP contribution in [-0.4, -0.2) is 11.4 Å². The molecule has 0 fully saturated rings. The molecule has 2 aromatic rings. The fourth-order valence-electron chi connectivity index (χ4n) is 1.62. The summed E-state index contributed by atoms with van der Waals surface area (Å²) >= 11 is 0. The molecule has 7 heteroatoms. The van der Waals surface area contributed by atoms with Crippen molar-refractivity contribution in [1.29, 1.82) is 0 Å².